The molecule has 5 aromatic rings. The van der Waals surface area contributed by atoms with Crippen molar-refractivity contribution < 1.29 is 52.6 Å². The molecule has 72 heavy (non-hydrogen) atoms. The van der Waals surface area contributed by atoms with Gasteiger partial charge in [-0.3, -0.25) is 34.2 Å². The van der Waals surface area contributed by atoms with Crippen LogP contribution in [-0.4, -0.2) is 125 Å². The monoisotopic (exact) mass is 997 g/mol. The summed E-state index contributed by atoms with van der Waals surface area (Å²) >= 11 is 1.36. The fourth-order valence-corrected chi connectivity index (χ4v) is 10.3. The Morgan fingerprint density at radius 1 is 0.681 bits per heavy atom. The van der Waals surface area contributed by atoms with Crippen molar-refractivity contribution in [2.24, 2.45) is 9.98 Å². The number of carboxylic acids is 1. The second-order valence-corrected chi connectivity index (χ2v) is 20.1. The first-order valence-electron chi connectivity index (χ1n) is 23.9. The predicted molar refractivity (Wildman–Crippen MR) is 279 cm³/mol. The van der Waals surface area contributed by atoms with Crippen molar-refractivity contribution in [1.29, 1.82) is 0 Å². The van der Waals surface area contributed by atoms with Gasteiger partial charge in [0.1, 0.15) is 13.2 Å². The molecule has 0 unspecified atom stereocenters. The first-order chi connectivity index (χ1) is 34.9. The van der Waals surface area contributed by atoms with Crippen molar-refractivity contribution in [3.8, 4) is 23.0 Å². The molecule has 0 fully saturated rings. The van der Waals surface area contributed by atoms with Gasteiger partial charge >= 0.3 is 5.97 Å². The summed E-state index contributed by atoms with van der Waals surface area (Å²) in [7, 11) is 4.71. The van der Waals surface area contributed by atoms with E-state index < -0.39 is 10.7 Å². The number of nitrogens with zero attached hydrogens (tertiary/aromatic N) is 5. The number of anilines is 3. The highest BCUT2D eigenvalue weighted by Crippen LogP contribution is 2.43. The van der Waals surface area contributed by atoms with Gasteiger partial charge in [0.2, 0.25) is 0 Å². The zero-order valence-corrected chi connectivity index (χ0v) is 41.9. The van der Waals surface area contributed by atoms with Crippen LogP contribution in [0.15, 0.2) is 101 Å². The number of benzene rings is 5. The zero-order chi connectivity index (χ0) is 50.4. The highest BCUT2D eigenvalue weighted by molar-refractivity contribution is 8.01. The highest BCUT2D eigenvalue weighted by atomic mass is 32.2. The average molecular weight is 998 g/mol. The minimum Gasteiger partial charge on any atom is -0.493 e. The molecular weight excluding hydrogens is 939 g/mol. The van der Waals surface area contributed by atoms with Crippen LogP contribution >= 0.6 is 11.8 Å². The maximum absolute atomic E-state index is 14.2. The first kappa shape index (κ1) is 50.0. The van der Waals surface area contributed by atoms with Crippen molar-refractivity contribution in [1.82, 2.24) is 0 Å². The first-order valence-corrected chi connectivity index (χ1v) is 24.9. The van der Waals surface area contributed by atoms with Gasteiger partial charge in [-0.05, 0) is 78.6 Å². The van der Waals surface area contributed by atoms with E-state index in [0.29, 0.717) is 104 Å². The van der Waals surface area contributed by atoms with E-state index in [-0.39, 0.29) is 42.9 Å². The molecule has 4 aliphatic rings. The predicted octanol–water partition coefficient (Wildman–Crippen LogP) is 8.52. The lowest BCUT2D eigenvalue weighted by Crippen LogP contribution is -2.39. The number of hydrogen-bond acceptors (Lipinski definition) is 14. The molecule has 2 atom stereocenters. The topological polar surface area (TPSA) is 170 Å². The molecule has 376 valence electrons. The smallest absolute Gasteiger partial charge is 0.313 e. The van der Waals surface area contributed by atoms with Crippen molar-refractivity contribution >= 4 is 70.4 Å². The Bertz CT molecular complexity index is 2730. The number of carboxylic acid groups (broad SMARTS) is 1. The summed E-state index contributed by atoms with van der Waals surface area (Å²) in [6.45, 7) is 7.30. The quantitative estimate of drug-likeness (QED) is 0.0619. The number of methoxy groups -OCH3 is 3. The summed E-state index contributed by atoms with van der Waals surface area (Å²) in [6.07, 6.45) is 4.99. The van der Waals surface area contributed by atoms with Crippen molar-refractivity contribution in [2.45, 2.75) is 56.7 Å². The molecule has 9 rings (SSSR count). The number of amides is 2. The van der Waals surface area contributed by atoms with Gasteiger partial charge in [-0.25, -0.2) is 0 Å². The van der Waals surface area contributed by atoms with Crippen LogP contribution < -0.4 is 33.6 Å². The van der Waals surface area contributed by atoms with E-state index in [0.717, 1.165) is 39.3 Å². The van der Waals surface area contributed by atoms with Gasteiger partial charge in [0.25, 0.3) is 11.8 Å². The zero-order valence-electron chi connectivity index (χ0n) is 41.1. The van der Waals surface area contributed by atoms with E-state index >= 15 is 0 Å². The van der Waals surface area contributed by atoms with Gasteiger partial charge in [0, 0.05) is 79.4 Å². The number of hydrogen-bond donors (Lipinski definition) is 1. The Balaban J connectivity index is 1.01. The summed E-state index contributed by atoms with van der Waals surface area (Å²) in [5.74, 6) is 0.298. The molecule has 5 aromatic carbocycles. The Labute approximate surface area is 423 Å². The SMILES string of the molecule is COCCOCCOCCN(CC(C)(C)SCC(=O)O)c1cc(COc2cc3c(cc2OC)C(=O)N2c4ccccc4C[C@H]2C=N3)cc(COc2cc3c(cc2OC)C(=O)N2c4ccccc4C[C@H]2C=N3)c1. The summed E-state index contributed by atoms with van der Waals surface area (Å²) in [6, 6.07) is 28.3. The molecule has 0 bridgehead atoms. The van der Waals surface area contributed by atoms with Gasteiger partial charge in [-0.2, -0.15) is 0 Å². The third-order valence-corrected chi connectivity index (χ3v) is 14.2. The normalized spacial score (nSPS) is 16.2. The largest absolute Gasteiger partial charge is 0.493 e. The van der Waals surface area contributed by atoms with Gasteiger partial charge in [-0.1, -0.05) is 36.4 Å². The van der Waals surface area contributed by atoms with Crippen LogP contribution in [0.25, 0.3) is 0 Å². The number of aliphatic imine (C=N–C) groups is 2. The average Bonchev–Trinajstić information content (AvgIpc) is 3.88. The van der Waals surface area contributed by atoms with Crippen LogP contribution in [0, 0.1) is 0 Å². The summed E-state index contributed by atoms with van der Waals surface area (Å²) in [5, 5.41) is 9.62. The van der Waals surface area contributed by atoms with Crippen molar-refractivity contribution in [3.63, 3.8) is 0 Å². The molecule has 0 saturated heterocycles. The third-order valence-electron chi connectivity index (χ3n) is 12.9. The highest BCUT2D eigenvalue weighted by Gasteiger charge is 2.38. The number of carbonyl (C=O) groups is 3. The number of para-hydroxylation sites is 2. The fourth-order valence-electron chi connectivity index (χ4n) is 9.49. The summed E-state index contributed by atoms with van der Waals surface area (Å²) in [4.78, 5) is 55.4. The van der Waals surface area contributed by atoms with E-state index in [2.05, 4.69) is 4.90 Å². The molecule has 2 amide bonds. The van der Waals surface area contributed by atoms with E-state index in [1.807, 2.05) is 93.0 Å². The number of aliphatic carboxylic acids is 1. The maximum atomic E-state index is 14.2. The standard InChI is InChI=1S/C55H59N5O11S/c1-55(2,72-33-52(61)62)34-58(14-15-68-18-19-69-17-16-65-3)39-21-35(31-70-50-27-44-42(25-48(50)66-4)53(63)59-40(29-56-44)23-37-10-6-8-12-46(37)59)20-36(22-39)32-71-51-28-45-43(26-49(51)67-5)54(64)60-41(30-57-45)24-38-11-7-9-13-47(38)60/h6-13,20-22,25-30,40-41H,14-19,23-24,31-34H2,1-5H3,(H,61,62)/t40-,41-/m0/s1. The Morgan fingerprint density at radius 3 is 1.68 bits per heavy atom. The number of thioether (sulfide) groups is 1. The number of carbonyl (C=O) groups excluding carboxylic acids is 2. The molecule has 4 aliphatic heterocycles. The number of rotatable bonds is 23. The number of fused-ring (bicyclic) bond motifs is 8. The van der Waals surface area contributed by atoms with Gasteiger partial charge in [0.15, 0.2) is 23.0 Å². The van der Waals surface area contributed by atoms with Crippen molar-refractivity contribution in [2.75, 3.05) is 87.9 Å². The summed E-state index contributed by atoms with van der Waals surface area (Å²) < 4.78 is 41.1. The fraction of sp³-hybridized carbons (Fsp3) is 0.364. The molecule has 16 nitrogen and oxygen atoms in total. The Hall–Kier alpha value is -6.92. The second kappa shape index (κ2) is 22.2. The van der Waals surface area contributed by atoms with E-state index in [4.69, 9.17) is 43.1 Å². The molecular formula is C55H59N5O11S. The minimum atomic E-state index is -0.891. The van der Waals surface area contributed by atoms with Gasteiger partial charge in [0.05, 0.1) is 87.6 Å². The lowest BCUT2D eigenvalue weighted by atomic mass is 10.1. The molecule has 1 N–H and O–H groups in total. The van der Waals surface area contributed by atoms with E-state index in [9.17, 15) is 19.5 Å². The minimum absolute atomic E-state index is 0.0579. The Kier molecular flexibility index (Phi) is 15.5. The van der Waals surface area contributed by atoms with Crippen LogP contribution in [0.3, 0.4) is 0 Å². The van der Waals surface area contributed by atoms with E-state index in [1.54, 1.807) is 55.4 Å². The Morgan fingerprint density at radius 2 is 1.18 bits per heavy atom. The van der Waals surface area contributed by atoms with Crippen LogP contribution in [0.5, 0.6) is 23.0 Å². The molecule has 0 spiro atoms. The lowest BCUT2D eigenvalue weighted by molar-refractivity contribution is -0.133. The van der Waals surface area contributed by atoms with Gasteiger partial charge < -0.3 is 43.2 Å². The molecule has 0 aromatic heterocycles. The summed E-state index contributed by atoms with van der Waals surface area (Å²) in [5.41, 5.74) is 8.12. The maximum Gasteiger partial charge on any atom is 0.313 e. The van der Waals surface area contributed by atoms with Crippen LogP contribution in [0.1, 0.15) is 56.8 Å². The van der Waals surface area contributed by atoms with Crippen LogP contribution in [0.4, 0.5) is 28.4 Å². The third kappa shape index (κ3) is 11.1. The van der Waals surface area contributed by atoms with Crippen LogP contribution in [-0.2, 0) is 45.1 Å². The molecule has 17 heteroatoms. The second-order valence-electron chi connectivity index (χ2n) is 18.4. The number of ether oxygens (including phenoxy) is 7. The lowest BCUT2D eigenvalue weighted by Gasteiger charge is -2.34. The van der Waals surface area contributed by atoms with Crippen LogP contribution in [0.2, 0.25) is 0 Å². The van der Waals surface area contributed by atoms with E-state index in [1.165, 1.54) is 11.8 Å². The molecule has 0 saturated carbocycles. The van der Waals surface area contributed by atoms with Crippen molar-refractivity contribution in [3.05, 3.63) is 124 Å². The molecule has 0 radical (unpaired) electrons. The van der Waals surface area contributed by atoms with Gasteiger partial charge in [-0.15, -0.1) is 11.8 Å². The molecule has 0 aliphatic carbocycles. The molecule has 4 heterocycles.